The SMILES string of the molecule is CC1CN(CCC2CCN(C(=O)C(C)N)CC2)CC(C)O1.Cl. The largest absolute Gasteiger partial charge is 0.373 e. The lowest BCUT2D eigenvalue weighted by molar-refractivity contribution is -0.133. The zero-order valence-electron chi connectivity index (χ0n) is 14.2. The lowest BCUT2D eigenvalue weighted by Gasteiger charge is -2.37. The molecule has 22 heavy (non-hydrogen) atoms. The second-order valence-corrected chi connectivity index (χ2v) is 6.86. The Kier molecular flexibility index (Phi) is 8.11. The molecule has 5 nitrogen and oxygen atoms in total. The van der Waals surface area contributed by atoms with Gasteiger partial charge in [0.2, 0.25) is 5.91 Å². The van der Waals surface area contributed by atoms with Gasteiger partial charge in [-0.05, 0) is 52.5 Å². The number of amides is 1. The van der Waals surface area contributed by atoms with Crippen molar-refractivity contribution in [3.63, 3.8) is 0 Å². The summed E-state index contributed by atoms with van der Waals surface area (Å²) < 4.78 is 5.77. The van der Waals surface area contributed by atoms with Gasteiger partial charge in [0.25, 0.3) is 0 Å². The van der Waals surface area contributed by atoms with Crippen LogP contribution in [0.5, 0.6) is 0 Å². The van der Waals surface area contributed by atoms with Crippen LogP contribution in [0.15, 0.2) is 0 Å². The highest BCUT2D eigenvalue weighted by Gasteiger charge is 2.26. The molecule has 0 aromatic carbocycles. The van der Waals surface area contributed by atoms with E-state index in [0.717, 1.165) is 51.5 Å². The number of nitrogens with two attached hydrogens (primary N) is 1. The monoisotopic (exact) mass is 333 g/mol. The Balaban J connectivity index is 0.00000242. The van der Waals surface area contributed by atoms with Crippen molar-refractivity contribution in [2.24, 2.45) is 11.7 Å². The normalized spacial score (nSPS) is 29.0. The third-order valence-corrected chi connectivity index (χ3v) is 4.66. The van der Waals surface area contributed by atoms with Crippen LogP contribution in [-0.4, -0.2) is 66.7 Å². The maximum absolute atomic E-state index is 11.9. The number of piperidine rings is 1. The molecule has 2 aliphatic heterocycles. The highest BCUT2D eigenvalue weighted by atomic mass is 35.5. The summed E-state index contributed by atoms with van der Waals surface area (Å²) in [5.74, 6) is 0.847. The maximum atomic E-state index is 11.9. The van der Waals surface area contributed by atoms with Crippen molar-refractivity contribution < 1.29 is 9.53 Å². The number of carbonyl (C=O) groups excluding carboxylic acids is 1. The summed E-state index contributed by atoms with van der Waals surface area (Å²) in [4.78, 5) is 16.3. The van der Waals surface area contributed by atoms with Crippen LogP contribution in [0, 0.1) is 5.92 Å². The van der Waals surface area contributed by atoms with E-state index in [-0.39, 0.29) is 24.4 Å². The fourth-order valence-corrected chi connectivity index (χ4v) is 3.56. The van der Waals surface area contributed by atoms with Gasteiger partial charge in [-0.1, -0.05) is 0 Å². The number of hydrogen-bond donors (Lipinski definition) is 1. The van der Waals surface area contributed by atoms with E-state index in [2.05, 4.69) is 18.7 Å². The zero-order chi connectivity index (χ0) is 15.4. The van der Waals surface area contributed by atoms with Gasteiger partial charge >= 0.3 is 0 Å². The first-order valence-electron chi connectivity index (χ1n) is 8.38. The smallest absolute Gasteiger partial charge is 0.239 e. The first-order valence-corrected chi connectivity index (χ1v) is 8.38. The summed E-state index contributed by atoms with van der Waals surface area (Å²) in [6.07, 6.45) is 4.17. The summed E-state index contributed by atoms with van der Waals surface area (Å²) in [5.41, 5.74) is 5.67. The lowest BCUT2D eigenvalue weighted by Crippen LogP contribution is -2.47. The predicted molar refractivity (Wildman–Crippen MR) is 91.3 cm³/mol. The van der Waals surface area contributed by atoms with E-state index in [1.165, 1.54) is 6.42 Å². The molecular formula is C16H32ClN3O2. The average molecular weight is 334 g/mol. The topological polar surface area (TPSA) is 58.8 Å². The van der Waals surface area contributed by atoms with Crippen LogP contribution in [0.1, 0.15) is 40.0 Å². The van der Waals surface area contributed by atoms with Crippen molar-refractivity contribution in [1.29, 1.82) is 0 Å². The fourth-order valence-electron chi connectivity index (χ4n) is 3.56. The minimum absolute atomic E-state index is 0. The number of halogens is 1. The molecule has 130 valence electrons. The molecule has 0 spiro atoms. The van der Waals surface area contributed by atoms with E-state index in [1.54, 1.807) is 6.92 Å². The summed E-state index contributed by atoms with van der Waals surface area (Å²) in [5, 5.41) is 0. The molecule has 6 heteroatoms. The molecular weight excluding hydrogens is 302 g/mol. The van der Waals surface area contributed by atoms with E-state index >= 15 is 0 Å². The first kappa shape index (κ1) is 19.7. The third kappa shape index (κ3) is 5.69. The van der Waals surface area contributed by atoms with Crippen LogP contribution in [0.3, 0.4) is 0 Å². The van der Waals surface area contributed by atoms with Gasteiger partial charge in [0.05, 0.1) is 18.2 Å². The van der Waals surface area contributed by atoms with Crippen LogP contribution in [0.2, 0.25) is 0 Å². The molecule has 2 heterocycles. The second-order valence-electron chi connectivity index (χ2n) is 6.86. The molecule has 2 aliphatic rings. The van der Waals surface area contributed by atoms with Crippen LogP contribution >= 0.6 is 12.4 Å². The van der Waals surface area contributed by atoms with Crippen LogP contribution in [0.4, 0.5) is 0 Å². The van der Waals surface area contributed by atoms with Gasteiger partial charge in [-0.25, -0.2) is 0 Å². The zero-order valence-corrected chi connectivity index (χ0v) is 15.0. The van der Waals surface area contributed by atoms with Gasteiger partial charge in [-0.15, -0.1) is 12.4 Å². The minimum Gasteiger partial charge on any atom is -0.373 e. The molecule has 0 aliphatic carbocycles. The summed E-state index contributed by atoms with van der Waals surface area (Å²) >= 11 is 0. The third-order valence-electron chi connectivity index (χ3n) is 4.66. The van der Waals surface area contributed by atoms with Gasteiger partial charge in [0, 0.05) is 26.2 Å². The van der Waals surface area contributed by atoms with E-state index < -0.39 is 0 Å². The number of morpholine rings is 1. The van der Waals surface area contributed by atoms with E-state index in [9.17, 15) is 4.79 Å². The number of rotatable bonds is 4. The highest BCUT2D eigenvalue weighted by molar-refractivity contribution is 5.85. The maximum Gasteiger partial charge on any atom is 0.239 e. The van der Waals surface area contributed by atoms with Crippen molar-refractivity contribution in [3.8, 4) is 0 Å². The van der Waals surface area contributed by atoms with Gasteiger partial charge in [0.15, 0.2) is 0 Å². The molecule has 0 aromatic heterocycles. The van der Waals surface area contributed by atoms with Gasteiger partial charge in [0.1, 0.15) is 0 Å². The van der Waals surface area contributed by atoms with Crippen LogP contribution in [-0.2, 0) is 9.53 Å². The molecule has 1 amide bonds. The summed E-state index contributed by atoms with van der Waals surface area (Å²) in [6.45, 7) is 11.1. The molecule has 0 bridgehead atoms. The Morgan fingerprint density at radius 3 is 2.27 bits per heavy atom. The molecule has 3 atom stereocenters. The molecule has 3 unspecified atom stereocenters. The quantitative estimate of drug-likeness (QED) is 0.847. The van der Waals surface area contributed by atoms with Crippen molar-refractivity contribution in [1.82, 2.24) is 9.80 Å². The Labute approximate surface area is 140 Å². The summed E-state index contributed by atoms with van der Waals surface area (Å²) in [6, 6.07) is -0.363. The molecule has 2 saturated heterocycles. The molecule has 2 N–H and O–H groups in total. The van der Waals surface area contributed by atoms with Gasteiger partial charge < -0.3 is 15.4 Å². The summed E-state index contributed by atoms with van der Waals surface area (Å²) in [7, 11) is 0. The van der Waals surface area contributed by atoms with E-state index in [4.69, 9.17) is 10.5 Å². The molecule has 0 saturated carbocycles. The minimum atomic E-state index is -0.363. The molecule has 0 aromatic rings. The predicted octanol–water partition coefficient (Wildman–Crippen LogP) is 1.49. The number of hydrogen-bond acceptors (Lipinski definition) is 4. The molecule has 2 fully saturated rings. The van der Waals surface area contributed by atoms with Crippen molar-refractivity contribution in [2.45, 2.75) is 58.3 Å². The number of likely N-dealkylation sites (tertiary alicyclic amines) is 1. The second kappa shape index (κ2) is 9.06. The Bertz CT molecular complexity index is 336. The highest BCUT2D eigenvalue weighted by Crippen LogP contribution is 2.22. The molecule has 0 radical (unpaired) electrons. The van der Waals surface area contributed by atoms with Crippen LogP contribution in [0.25, 0.3) is 0 Å². The lowest BCUT2D eigenvalue weighted by atomic mass is 9.93. The standard InChI is InChI=1S/C16H31N3O2.ClH/c1-12-10-18(11-13(2)21-12)7-4-15-5-8-19(9-6-15)16(20)14(3)17;/h12-15H,4-11,17H2,1-3H3;1H. The van der Waals surface area contributed by atoms with Gasteiger partial charge in [-0.2, -0.15) is 0 Å². The Hall–Kier alpha value is -0.360. The average Bonchev–Trinajstić information content (AvgIpc) is 2.44. The van der Waals surface area contributed by atoms with Gasteiger partial charge in [-0.3, -0.25) is 9.69 Å². The fraction of sp³-hybridized carbons (Fsp3) is 0.938. The van der Waals surface area contributed by atoms with Crippen molar-refractivity contribution in [2.75, 3.05) is 32.7 Å². The molecule has 2 rings (SSSR count). The number of ether oxygens (including phenoxy) is 1. The number of carbonyl (C=O) groups is 1. The Morgan fingerprint density at radius 2 is 1.77 bits per heavy atom. The van der Waals surface area contributed by atoms with Crippen molar-refractivity contribution >= 4 is 18.3 Å². The van der Waals surface area contributed by atoms with Crippen LogP contribution < -0.4 is 5.73 Å². The van der Waals surface area contributed by atoms with E-state index in [0.29, 0.717) is 12.2 Å². The number of nitrogens with zero attached hydrogens (tertiary/aromatic N) is 2. The van der Waals surface area contributed by atoms with Crippen molar-refractivity contribution in [3.05, 3.63) is 0 Å². The Morgan fingerprint density at radius 1 is 1.23 bits per heavy atom. The first-order chi connectivity index (χ1) is 9.95. The van der Waals surface area contributed by atoms with E-state index in [1.807, 2.05) is 4.90 Å².